The molecule has 0 fully saturated rings. The van der Waals surface area contributed by atoms with E-state index in [4.69, 9.17) is 5.21 Å². The minimum Gasteiger partial charge on any atom is -0.361 e. The molecule has 1 aromatic carbocycles. The number of rotatable bonds is 5. The van der Waals surface area contributed by atoms with Crippen LogP contribution in [0.1, 0.15) is 15.2 Å². The molecule has 1 amide bonds. The number of H-pyrrole nitrogens is 1. The molecule has 25 heavy (non-hydrogen) atoms. The minimum atomic E-state index is -0.505. The molecule has 4 rings (SSSR count). The van der Waals surface area contributed by atoms with Crippen LogP contribution < -0.4 is 5.48 Å². The second kappa shape index (κ2) is 6.54. The van der Waals surface area contributed by atoms with Crippen molar-refractivity contribution >= 4 is 28.1 Å². The van der Waals surface area contributed by atoms with E-state index in [2.05, 4.69) is 22.2 Å². The number of nitrogens with one attached hydrogen (secondary N) is 2. The number of aromatic amines is 1. The second-order valence-electron chi connectivity index (χ2n) is 5.68. The average Bonchev–Trinajstić information content (AvgIpc) is 3.37. The quantitative estimate of drug-likeness (QED) is 0.380. The molecule has 3 aromatic heterocycles. The van der Waals surface area contributed by atoms with Crippen molar-refractivity contribution in [3.8, 4) is 10.6 Å². The molecule has 0 spiro atoms. The Hall–Kier alpha value is -2.90. The van der Waals surface area contributed by atoms with Gasteiger partial charge in [0, 0.05) is 29.8 Å². The van der Waals surface area contributed by atoms with Gasteiger partial charge in [0.2, 0.25) is 0 Å². The average molecular weight is 352 g/mol. The Morgan fingerprint density at radius 1 is 1.24 bits per heavy atom. The lowest BCUT2D eigenvalue weighted by molar-refractivity contribution is 0.0711. The van der Waals surface area contributed by atoms with Crippen molar-refractivity contribution < 1.29 is 10.0 Å². The zero-order chi connectivity index (χ0) is 17.2. The lowest BCUT2D eigenvalue weighted by atomic mass is 10.1. The van der Waals surface area contributed by atoms with Crippen LogP contribution in [0.5, 0.6) is 0 Å². The second-order valence-corrected chi connectivity index (χ2v) is 6.76. The van der Waals surface area contributed by atoms with Gasteiger partial charge in [-0.15, -0.1) is 11.3 Å². The molecule has 0 saturated carbocycles. The van der Waals surface area contributed by atoms with E-state index in [0.717, 1.165) is 29.1 Å². The van der Waals surface area contributed by atoms with Gasteiger partial charge >= 0.3 is 0 Å². The van der Waals surface area contributed by atoms with Crippen LogP contribution in [-0.2, 0) is 13.0 Å². The van der Waals surface area contributed by atoms with Gasteiger partial charge in [0.15, 0.2) is 0 Å². The maximum Gasteiger partial charge on any atom is 0.284 e. The summed E-state index contributed by atoms with van der Waals surface area (Å²) in [5, 5.41) is 14.5. The molecule has 0 radical (unpaired) electrons. The third kappa shape index (κ3) is 3.07. The van der Waals surface area contributed by atoms with Gasteiger partial charge in [-0.3, -0.25) is 14.7 Å². The summed E-state index contributed by atoms with van der Waals surface area (Å²) in [7, 11) is 0. The number of fused-ring (bicyclic) bond motifs is 1. The first-order valence-corrected chi connectivity index (χ1v) is 8.69. The fraction of sp³-hybridized carbons (Fsp3) is 0.111. The highest BCUT2D eigenvalue weighted by atomic mass is 32.1. The normalized spacial score (nSPS) is 11.1. The molecule has 7 heteroatoms. The van der Waals surface area contributed by atoms with Crippen LogP contribution in [0.4, 0.5) is 0 Å². The highest BCUT2D eigenvalue weighted by Crippen LogP contribution is 2.26. The number of thiophene rings is 1. The summed E-state index contributed by atoms with van der Waals surface area (Å²) in [5.74, 6) is -0.505. The Morgan fingerprint density at radius 3 is 3.00 bits per heavy atom. The Kier molecular flexibility index (Phi) is 4.09. The molecule has 6 nitrogen and oxygen atoms in total. The van der Waals surface area contributed by atoms with E-state index in [1.54, 1.807) is 11.5 Å². The van der Waals surface area contributed by atoms with E-state index in [-0.39, 0.29) is 0 Å². The summed E-state index contributed by atoms with van der Waals surface area (Å²) in [6, 6.07) is 13.7. The fourth-order valence-electron chi connectivity index (χ4n) is 2.84. The number of aromatic nitrogens is 3. The number of amides is 1. The number of aryl methyl sites for hydroxylation is 2. The molecule has 0 aliphatic rings. The topological polar surface area (TPSA) is 82.9 Å². The van der Waals surface area contributed by atoms with Gasteiger partial charge in [-0.05, 0) is 36.2 Å². The van der Waals surface area contributed by atoms with Gasteiger partial charge in [-0.25, -0.2) is 5.48 Å². The Balaban J connectivity index is 1.48. The maximum atomic E-state index is 11.4. The molecule has 4 aromatic rings. The van der Waals surface area contributed by atoms with E-state index in [1.165, 1.54) is 22.3 Å². The van der Waals surface area contributed by atoms with Crippen molar-refractivity contribution in [2.24, 2.45) is 0 Å². The molecule has 3 N–H and O–H groups in total. The van der Waals surface area contributed by atoms with Gasteiger partial charge in [0.1, 0.15) is 5.69 Å². The molecule has 0 aliphatic heterocycles. The van der Waals surface area contributed by atoms with Gasteiger partial charge in [0.05, 0.1) is 9.75 Å². The third-order valence-corrected chi connectivity index (χ3v) is 5.22. The molecule has 0 saturated heterocycles. The summed E-state index contributed by atoms with van der Waals surface area (Å²) in [6.45, 7) is 0.775. The molecular weight excluding hydrogens is 336 g/mol. The molecule has 0 aliphatic carbocycles. The number of nitrogens with zero attached hydrogens (tertiary/aromatic N) is 2. The van der Waals surface area contributed by atoms with Crippen LogP contribution in [0, 0.1) is 0 Å². The highest BCUT2D eigenvalue weighted by Gasteiger charge is 2.11. The standard InChI is InChI=1S/C18H16N4O2S/c23-18(21-24)17-6-5-16(25-17)15-8-10-22(20-15)9-7-12-11-19-14-4-2-1-3-13(12)14/h1-6,8,10-11,19,24H,7,9H2,(H,21,23). The van der Waals surface area contributed by atoms with E-state index >= 15 is 0 Å². The van der Waals surface area contributed by atoms with E-state index in [1.807, 2.05) is 41.3 Å². The fourth-order valence-corrected chi connectivity index (χ4v) is 3.70. The minimum absolute atomic E-state index is 0.450. The number of hydrogen-bond acceptors (Lipinski definition) is 4. The molecule has 0 bridgehead atoms. The molecule has 3 heterocycles. The van der Waals surface area contributed by atoms with Crippen LogP contribution in [0.25, 0.3) is 21.5 Å². The third-order valence-electron chi connectivity index (χ3n) is 4.11. The number of carbonyl (C=O) groups is 1. The summed E-state index contributed by atoms with van der Waals surface area (Å²) < 4.78 is 1.91. The van der Waals surface area contributed by atoms with E-state index in [9.17, 15) is 4.79 Å². The van der Waals surface area contributed by atoms with E-state index in [0.29, 0.717) is 4.88 Å². The van der Waals surface area contributed by atoms with Crippen LogP contribution in [0.3, 0.4) is 0 Å². The van der Waals surface area contributed by atoms with Crippen molar-refractivity contribution in [1.29, 1.82) is 0 Å². The van der Waals surface area contributed by atoms with Crippen molar-refractivity contribution in [1.82, 2.24) is 20.2 Å². The molecule has 0 unspecified atom stereocenters. The monoisotopic (exact) mass is 352 g/mol. The van der Waals surface area contributed by atoms with Crippen molar-refractivity contribution in [2.45, 2.75) is 13.0 Å². The maximum absolute atomic E-state index is 11.4. The predicted octanol–water partition coefficient (Wildman–Crippen LogP) is 3.45. The van der Waals surface area contributed by atoms with Crippen molar-refractivity contribution in [3.05, 3.63) is 65.3 Å². The van der Waals surface area contributed by atoms with Crippen molar-refractivity contribution in [2.75, 3.05) is 0 Å². The predicted molar refractivity (Wildman–Crippen MR) is 96.8 cm³/mol. The molecular formula is C18H16N4O2S. The molecule has 0 atom stereocenters. The summed E-state index contributed by atoms with van der Waals surface area (Å²) >= 11 is 1.30. The van der Waals surface area contributed by atoms with Crippen molar-refractivity contribution in [3.63, 3.8) is 0 Å². The summed E-state index contributed by atoms with van der Waals surface area (Å²) in [6.07, 6.45) is 4.87. The summed E-state index contributed by atoms with van der Waals surface area (Å²) in [5.41, 5.74) is 4.88. The molecule has 126 valence electrons. The largest absolute Gasteiger partial charge is 0.361 e. The lowest BCUT2D eigenvalue weighted by Gasteiger charge is -2.01. The van der Waals surface area contributed by atoms with Gasteiger partial charge in [-0.2, -0.15) is 5.10 Å². The number of hydrogen-bond donors (Lipinski definition) is 3. The van der Waals surface area contributed by atoms with Crippen LogP contribution in [-0.4, -0.2) is 25.9 Å². The van der Waals surface area contributed by atoms with Crippen LogP contribution in [0.15, 0.2) is 54.9 Å². The van der Waals surface area contributed by atoms with Crippen LogP contribution in [0.2, 0.25) is 0 Å². The first-order valence-electron chi connectivity index (χ1n) is 7.87. The summed E-state index contributed by atoms with van der Waals surface area (Å²) in [4.78, 5) is 16.1. The Labute approximate surface area is 147 Å². The zero-order valence-electron chi connectivity index (χ0n) is 13.3. The Bertz CT molecular complexity index is 1030. The number of benzene rings is 1. The first-order chi connectivity index (χ1) is 12.2. The lowest BCUT2D eigenvalue weighted by Crippen LogP contribution is -2.16. The highest BCUT2D eigenvalue weighted by molar-refractivity contribution is 7.17. The Morgan fingerprint density at radius 2 is 2.12 bits per heavy atom. The SMILES string of the molecule is O=C(NO)c1ccc(-c2ccn(CCc3c[nH]c4ccccc34)n2)s1. The first kappa shape index (κ1) is 15.6. The smallest absolute Gasteiger partial charge is 0.284 e. The number of hydroxylamine groups is 1. The number of carbonyl (C=O) groups excluding carboxylic acids is 1. The number of para-hydroxylation sites is 1. The van der Waals surface area contributed by atoms with Crippen LogP contribution >= 0.6 is 11.3 Å². The van der Waals surface area contributed by atoms with E-state index < -0.39 is 5.91 Å². The van der Waals surface area contributed by atoms with Gasteiger partial charge < -0.3 is 4.98 Å². The van der Waals surface area contributed by atoms with Gasteiger partial charge in [-0.1, -0.05) is 18.2 Å². The zero-order valence-corrected chi connectivity index (χ0v) is 14.1. The van der Waals surface area contributed by atoms with Gasteiger partial charge in [0.25, 0.3) is 5.91 Å².